The van der Waals surface area contributed by atoms with Crippen LogP contribution in [0.2, 0.25) is 0 Å². The first-order chi connectivity index (χ1) is 11.3. The number of amides is 1. The number of pyridine rings is 1. The molecule has 0 spiro atoms. The standard InChI is InChI=1S/C19H17N2O2/c1-23-18-12-14-20(15-13-18)19(22)21(16-8-4-2-5-9-16)17-10-6-3-7-11-17/h2-15H,1H3/q+1. The molecular weight excluding hydrogens is 288 g/mol. The highest BCUT2D eigenvalue weighted by molar-refractivity contribution is 5.94. The molecule has 0 aliphatic carbocycles. The van der Waals surface area contributed by atoms with Crippen molar-refractivity contribution in [3.05, 3.63) is 85.2 Å². The number of methoxy groups -OCH3 is 1. The van der Waals surface area contributed by atoms with E-state index in [4.69, 9.17) is 4.74 Å². The third-order valence-electron chi connectivity index (χ3n) is 3.48. The van der Waals surface area contributed by atoms with E-state index in [1.165, 1.54) is 4.57 Å². The van der Waals surface area contributed by atoms with Crippen molar-refractivity contribution in [2.45, 2.75) is 0 Å². The summed E-state index contributed by atoms with van der Waals surface area (Å²) in [4.78, 5) is 14.7. The van der Waals surface area contributed by atoms with Gasteiger partial charge in [-0.05, 0) is 24.3 Å². The Kier molecular flexibility index (Phi) is 4.34. The zero-order valence-corrected chi connectivity index (χ0v) is 12.8. The summed E-state index contributed by atoms with van der Waals surface area (Å²) < 4.78 is 6.67. The van der Waals surface area contributed by atoms with Crippen LogP contribution in [-0.4, -0.2) is 13.1 Å². The van der Waals surface area contributed by atoms with Gasteiger partial charge in [0.2, 0.25) is 0 Å². The molecule has 1 amide bonds. The van der Waals surface area contributed by atoms with Gasteiger partial charge < -0.3 is 4.74 Å². The number of anilines is 2. The Balaban J connectivity index is 2.02. The lowest BCUT2D eigenvalue weighted by Crippen LogP contribution is -2.50. The number of nitrogens with zero attached hydrogens (tertiary/aromatic N) is 2. The molecule has 1 aromatic heterocycles. The maximum Gasteiger partial charge on any atom is 0.508 e. The lowest BCUT2D eigenvalue weighted by atomic mass is 10.2. The molecule has 0 unspecified atom stereocenters. The maximum absolute atomic E-state index is 13.0. The molecule has 0 atom stereocenters. The van der Waals surface area contributed by atoms with Gasteiger partial charge in [0.15, 0.2) is 0 Å². The monoisotopic (exact) mass is 305 g/mol. The van der Waals surface area contributed by atoms with E-state index in [2.05, 4.69) is 0 Å². The highest BCUT2D eigenvalue weighted by Crippen LogP contribution is 2.24. The van der Waals surface area contributed by atoms with Crippen LogP contribution >= 0.6 is 0 Å². The van der Waals surface area contributed by atoms with Gasteiger partial charge in [-0.2, -0.15) is 14.3 Å². The summed E-state index contributed by atoms with van der Waals surface area (Å²) in [6.07, 6.45) is 3.39. The predicted octanol–water partition coefficient (Wildman–Crippen LogP) is 3.79. The first-order valence-electron chi connectivity index (χ1n) is 7.29. The van der Waals surface area contributed by atoms with Gasteiger partial charge in [-0.1, -0.05) is 36.4 Å². The fourth-order valence-electron chi connectivity index (χ4n) is 2.32. The molecule has 0 fully saturated rings. The molecule has 3 rings (SSSR count). The fraction of sp³-hybridized carbons (Fsp3) is 0.0526. The van der Waals surface area contributed by atoms with E-state index in [0.717, 1.165) is 11.4 Å². The van der Waals surface area contributed by atoms with Crippen molar-refractivity contribution < 1.29 is 14.1 Å². The zero-order valence-electron chi connectivity index (χ0n) is 12.8. The lowest BCUT2D eigenvalue weighted by molar-refractivity contribution is -0.569. The third-order valence-corrected chi connectivity index (χ3v) is 3.48. The highest BCUT2D eigenvalue weighted by Gasteiger charge is 2.28. The van der Waals surface area contributed by atoms with Crippen LogP contribution in [-0.2, 0) is 0 Å². The lowest BCUT2D eigenvalue weighted by Gasteiger charge is -2.14. The Hall–Kier alpha value is -3.14. The number of benzene rings is 2. The minimum atomic E-state index is -0.162. The van der Waals surface area contributed by atoms with Crippen LogP contribution in [0.25, 0.3) is 0 Å². The first-order valence-corrected chi connectivity index (χ1v) is 7.29. The third kappa shape index (κ3) is 3.21. The van der Waals surface area contributed by atoms with E-state index in [1.807, 2.05) is 60.7 Å². The summed E-state index contributed by atoms with van der Waals surface area (Å²) in [5, 5.41) is 0. The normalized spacial score (nSPS) is 10.1. The van der Waals surface area contributed by atoms with Gasteiger partial charge in [0, 0.05) is 12.1 Å². The maximum atomic E-state index is 13.0. The molecule has 3 aromatic rings. The molecule has 0 radical (unpaired) electrons. The molecule has 0 aliphatic heterocycles. The fourth-order valence-corrected chi connectivity index (χ4v) is 2.32. The number of para-hydroxylation sites is 2. The molecular formula is C19H17N2O2+. The van der Waals surface area contributed by atoms with Crippen molar-refractivity contribution in [3.8, 4) is 5.75 Å². The van der Waals surface area contributed by atoms with Crippen molar-refractivity contribution in [2.24, 2.45) is 0 Å². The number of hydrogen-bond donors (Lipinski definition) is 0. The Labute approximate surface area is 135 Å². The number of carbonyl (C=O) groups excluding carboxylic acids is 1. The second-order valence-electron chi connectivity index (χ2n) is 4.93. The highest BCUT2D eigenvalue weighted by atomic mass is 16.5. The van der Waals surface area contributed by atoms with Crippen LogP contribution in [0.3, 0.4) is 0 Å². The molecule has 4 heteroatoms. The molecule has 4 nitrogen and oxygen atoms in total. The Bertz CT molecular complexity index is 732. The Morgan fingerprint density at radius 1 is 0.826 bits per heavy atom. The van der Waals surface area contributed by atoms with Crippen molar-refractivity contribution in [2.75, 3.05) is 12.0 Å². The average molecular weight is 305 g/mol. The van der Waals surface area contributed by atoms with Crippen molar-refractivity contribution in [1.29, 1.82) is 0 Å². The summed E-state index contributed by atoms with van der Waals surface area (Å²) >= 11 is 0. The van der Waals surface area contributed by atoms with Gasteiger partial charge in [0.25, 0.3) is 0 Å². The molecule has 1 heterocycles. The number of rotatable bonds is 3. The van der Waals surface area contributed by atoms with Gasteiger partial charge in [0.1, 0.15) is 29.5 Å². The van der Waals surface area contributed by atoms with Gasteiger partial charge in [-0.25, -0.2) is 0 Å². The first kappa shape index (κ1) is 14.8. The predicted molar refractivity (Wildman–Crippen MR) is 89.0 cm³/mol. The van der Waals surface area contributed by atoms with Gasteiger partial charge in [-0.15, -0.1) is 0 Å². The molecule has 114 valence electrons. The summed E-state index contributed by atoms with van der Waals surface area (Å²) in [7, 11) is 1.60. The molecule has 0 aliphatic rings. The summed E-state index contributed by atoms with van der Waals surface area (Å²) in [6, 6.07) is 22.5. The van der Waals surface area contributed by atoms with Crippen molar-refractivity contribution in [3.63, 3.8) is 0 Å². The van der Waals surface area contributed by atoms with Crippen LogP contribution in [0.15, 0.2) is 85.2 Å². The minimum absolute atomic E-state index is 0.162. The van der Waals surface area contributed by atoms with E-state index < -0.39 is 0 Å². The second-order valence-corrected chi connectivity index (χ2v) is 4.93. The van der Waals surface area contributed by atoms with E-state index in [9.17, 15) is 4.79 Å². The van der Waals surface area contributed by atoms with Crippen molar-refractivity contribution in [1.82, 2.24) is 0 Å². The van der Waals surface area contributed by atoms with E-state index in [1.54, 1.807) is 36.5 Å². The van der Waals surface area contributed by atoms with Crippen LogP contribution in [0, 0.1) is 0 Å². The Morgan fingerprint density at radius 2 is 1.30 bits per heavy atom. The van der Waals surface area contributed by atoms with Crippen LogP contribution in [0.5, 0.6) is 5.75 Å². The van der Waals surface area contributed by atoms with E-state index in [0.29, 0.717) is 5.75 Å². The van der Waals surface area contributed by atoms with Gasteiger partial charge >= 0.3 is 6.03 Å². The minimum Gasteiger partial charge on any atom is -0.496 e. The van der Waals surface area contributed by atoms with Gasteiger partial charge in [0.05, 0.1) is 7.11 Å². The number of ether oxygens (including phenoxy) is 1. The second kappa shape index (κ2) is 6.75. The molecule has 2 aromatic carbocycles. The summed E-state index contributed by atoms with van der Waals surface area (Å²) in [6.45, 7) is 0. The van der Waals surface area contributed by atoms with E-state index in [-0.39, 0.29) is 6.03 Å². The SMILES string of the molecule is COc1cc[n+](C(=O)N(c2ccccc2)c2ccccc2)cc1. The quantitative estimate of drug-likeness (QED) is 0.690. The van der Waals surface area contributed by atoms with Crippen LogP contribution in [0.1, 0.15) is 0 Å². The van der Waals surface area contributed by atoms with Crippen LogP contribution in [0.4, 0.5) is 16.2 Å². The summed E-state index contributed by atoms with van der Waals surface area (Å²) in [5.41, 5.74) is 1.62. The van der Waals surface area contributed by atoms with Gasteiger partial charge in [-0.3, -0.25) is 0 Å². The molecule has 0 saturated carbocycles. The number of carbonyl (C=O) groups is 1. The zero-order chi connectivity index (χ0) is 16.1. The molecule has 0 saturated heterocycles. The summed E-state index contributed by atoms with van der Waals surface area (Å²) in [5.74, 6) is 0.708. The number of hydrogen-bond acceptors (Lipinski definition) is 2. The largest absolute Gasteiger partial charge is 0.508 e. The van der Waals surface area contributed by atoms with E-state index >= 15 is 0 Å². The van der Waals surface area contributed by atoms with Crippen molar-refractivity contribution >= 4 is 17.4 Å². The topological polar surface area (TPSA) is 33.4 Å². The molecule has 0 N–H and O–H groups in total. The number of aromatic nitrogens is 1. The molecule has 0 bridgehead atoms. The molecule has 23 heavy (non-hydrogen) atoms. The average Bonchev–Trinajstić information content (AvgIpc) is 2.64. The smallest absolute Gasteiger partial charge is 0.496 e. The van der Waals surface area contributed by atoms with Crippen LogP contribution < -0.4 is 14.2 Å². The Morgan fingerprint density at radius 3 is 1.74 bits per heavy atom.